The first-order valence-electron chi connectivity index (χ1n) is 6.73. The molecular weight excluding hydrogens is 238 g/mol. The molecule has 2 rings (SSSR count). The molecule has 1 aromatic carbocycles. The van der Waals surface area contributed by atoms with E-state index in [1.54, 1.807) is 0 Å². The molecule has 0 saturated carbocycles. The number of aromatic amines is 1. The highest BCUT2D eigenvalue weighted by Gasteiger charge is 2.03. The van der Waals surface area contributed by atoms with Crippen molar-refractivity contribution in [1.29, 1.82) is 0 Å². The molecule has 3 N–H and O–H groups in total. The number of hydrogen-bond acceptors (Lipinski definition) is 2. The number of fused-ring (bicyclic) bond motifs is 1. The molecule has 0 atom stereocenters. The van der Waals surface area contributed by atoms with Crippen LogP contribution in [-0.4, -0.2) is 40.5 Å². The Morgan fingerprint density at radius 2 is 2.05 bits per heavy atom. The summed E-state index contributed by atoms with van der Waals surface area (Å²) in [6.07, 6.45) is 0.774. The first kappa shape index (κ1) is 13.4. The minimum Gasteiger partial charge on any atom is -0.370 e. The van der Waals surface area contributed by atoms with Gasteiger partial charge in [0.25, 0.3) is 0 Å². The molecule has 0 fully saturated rings. The molecule has 102 valence electrons. The van der Waals surface area contributed by atoms with Gasteiger partial charge in [-0.1, -0.05) is 12.1 Å². The lowest BCUT2D eigenvalue weighted by Crippen LogP contribution is -2.37. The van der Waals surface area contributed by atoms with Crippen molar-refractivity contribution in [3.05, 3.63) is 30.1 Å². The minimum absolute atomic E-state index is 0.612. The van der Waals surface area contributed by atoms with Gasteiger partial charge in [-0.3, -0.25) is 4.99 Å². The Balaban J connectivity index is 1.97. The van der Waals surface area contributed by atoms with E-state index in [-0.39, 0.29) is 0 Å². The number of nitrogens with one attached hydrogen (secondary N) is 1. The summed E-state index contributed by atoms with van der Waals surface area (Å²) < 4.78 is 0. The molecule has 5 heteroatoms. The van der Waals surface area contributed by atoms with Crippen LogP contribution in [0.4, 0.5) is 0 Å². The van der Waals surface area contributed by atoms with Crippen LogP contribution in [0.1, 0.15) is 19.7 Å². The van der Waals surface area contributed by atoms with Gasteiger partial charge in [0.15, 0.2) is 5.96 Å². The zero-order valence-electron chi connectivity index (χ0n) is 11.6. The summed E-state index contributed by atoms with van der Waals surface area (Å²) in [5.41, 5.74) is 7.99. The van der Waals surface area contributed by atoms with Gasteiger partial charge < -0.3 is 15.6 Å². The normalized spacial score (nSPS) is 12.0. The van der Waals surface area contributed by atoms with Crippen LogP contribution in [-0.2, 0) is 6.42 Å². The number of hydrogen-bond donors (Lipinski definition) is 2. The third kappa shape index (κ3) is 3.24. The van der Waals surface area contributed by atoms with Crippen molar-refractivity contribution in [2.75, 3.05) is 19.6 Å². The second-order valence-electron chi connectivity index (χ2n) is 4.36. The molecule has 1 aromatic heterocycles. The third-order valence-corrected chi connectivity index (χ3v) is 3.15. The van der Waals surface area contributed by atoms with Gasteiger partial charge in [-0.05, 0) is 26.0 Å². The Labute approximate surface area is 113 Å². The van der Waals surface area contributed by atoms with E-state index in [4.69, 9.17) is 5.73 Å². The quantitative estimate of drug-likeness (QED) is 0.635. The molecule has 5 nitrogen and oxygen atoms in total. The molecule has 0 aliphatic heterocycles. The van der Waals surface area contributed by atoms with Gasteiger partial charge in [-0.2, -0.15) is 0 Å². The summed E-state index contributed by atoms with van der Waals surface area (Å²) in [5, 5.41) is 0. The van der Waals surface area contributed by atoms with E-state index < -0.39 is 0 Å². The topological polar surface area (TPSA) is 70.3 Å². The van der Waals surface area contributed by atoms with Crippen molar-refractivity contribution in [3.8, 4) is 0 Å². The predicted molar refractivity (Wildman–Crippen MR) is 79.2 cm³/mol. The highest BCUT2D eigenvalue weighted by Crippen LogP contribution is 2.10. The average Bonchev–Trinajstić information content (AvgIpc) is 2.82. The van der Waals surface area contributed by atoms with E-state index in [2.05, 4.69) is 28.8 Å². The Bertz CT molecular complexity index is 521. The van der Waals surface area contributed by atoms with Crippen LogP contribution in [0.2, 0.25) is 0 Å². The summed E-state index contributed by atoms with van der Waals surface area (Å²) in [4.78, 5) is 14.2. The van der Waals surface area contributed by atoms with Crippen molar-refractivity contribution in [1.82, 2.24) is 14.9 Å². The number of nitrogens with zero attached hydrogens (tertiary/aromatic N) is 3. The number of rotatable bonds is 5. The summed E-state index contributed by atoms with van der Waals surface area (Å²) in [5.74, 6) is 1.57. The van der Waals surface area contributed by atoms with Gasteiger partial charge in [0.1, 0.15) is 5.82 Å². The van der Waals surface area contributed by atoms with Crippen molar-refractivity contribution in [2.24, 2.45) is 10.7 Å². The number of H-pyrrole nitrogens is 1. The maximum absolute atomic E-state index is 5.92. The van der Waals surface area contributed by atoms with Gasteiger partial charge in [-0.15, -0.1) is 0 Å². The van der Waals surface area contributed by atoms with Gasteiger partial charge in [0.05, 0.1) is 11.0 Å². The van der Waals surface area contributed by atoms with Crippen LogP contribution in [0, 0.1) is 0 Å². The highest BCUT2D eigenvalue weighted by molar-refractivity contribution is 5.78. The Kier molecular flexibility index (Phi) is 4.39. The molecular formula is C14H21N5. The van der Waals surface area contributed by atoms with Crippen molar-refractivity contribution < 1.29 is 0 Å². The number of aliphatic imine (C=N–C) groups is 1. The zero-order valence-corrected chi connectivity index (χ0v) is 11.6. The Morgan fingerprint density at radius 3 is 2.74 bits per heavy atom. The first-order valence-corrected chi connectivity index (χ1v) is 6.73. The molecule has 0 amide bonds. The van der Waals surface area contributed by atoms with Gasteiger partial charge >= 0.3 is 0 Å². The lowest BCUT2D eigenvalue weighted by atomic mass is 10.3. The number of nitrogens with two attached hydrogens (primary N) is 1. The fourth-order valence-corrected chi connectivity index (χ4v) is 2.05. The molecule has 0 aliphatic carbocycles. The van der Waals surface area contributed by atoms with Gasteiger partial charge in [0, 0.05) is 26.1 Å². The monoisotopic (exact) mass is 259 g/mol. The van der Waals surface area contributed by atoms with Crippen LogP contribution >= 0.6 is 0 Å². The average molecular weight is 259 g/mol. The standard InChI is InChI=1S/C14H21N5/c1-3-19(4-2)14(15)16-10-9-13-17-11-7-5-6-8-12(11)18-13/h5-8H,3-4,9-10H2,1-2H3,(H2,15,16)(H,17,18). The molecule has 0 aliphatic rings. The van der Waals surface area contributed by atoms with E-state index in [0.29, 0.717) is 12.5 Å². The number of guanidine groups is 1. The molecule has 0 bridgehead atoms. The van der Waals surface area contributed by atoms with Crippen LogP contribution in [0.5, 0.6) is 0 Å². The van der Waals surface area contributed by atoms with Crippen molar-refractivity contribution >= 4 is 17.0 Å². The number of benzene rings is 1. The number of aromatic nitrogens is 2. The Morgan fingerprint density at radius 1 is 1.32 bits per heavy atom. The minimum atomic E-state index is 0.612. The van der Waals surface area contributed by atoms with Crippen LogP contribution in [0.25, 0.3) is 11.0 Å². The first-order chi connectivity index (χ1) is 9.24. The van der Waals surface area contributed by atoms with E-state index in [1.165, 1.54) is 0 Å². The molecule has 0 radical (unpaired) electrons. The highest BCUT2D eigenvalue weighted by atomic mass is 15.2. The largest absolute Gasteiger partial charge is 0.370 e. The SMILES string of the molecule is CCN(CC)C(N)=NCCc1nc2ccccc2[nH]1. The summed E-state index contributed by atoms with van der Waals surface area (Å²) in [7, 11) is 0. The molecule has 0 unspecified atom stereocenters. The van der Waals surface area contributed by atoms with Crippen LogP contribution < -0.4 is 5.73 Å². The van der Waals surface area contributed by atoms with E-state index in [0.717, 1.165) is 36.4 Å². The summed E-state index contributed by atoms with van der Waals surface area (Å²) >= 11 is 0. The Hall–Kier alpha value is -2.04. The van der Waals surface area contributed by atoms with Crippen molar-refractivity contribution in [2.45, 2.75) is 20.3 Å². The fraction of sp³-hybridized carbons (Fsp3) is 0.429. The fourth-order valence-electron chi connectivity index (χ4n) is 2.05. The lowest BCUT2D eigenvalue weighted by molar-refractivity contribution is 0.458. The second kappa shape index (κ2) is 6.22. The molecule has 2 aromatic rings. The van der Waals surface area contributed by atoms with Crippen molar-refractivity contribution in [3.63, 3.8) is 0 Å². The molecule has 0 saturated heterocycles. The zero-order chi connectivity index (χ0) is 13.7. The maximum atomic E-state index is 5.92. The summed E-state index contributed by atoms with van der Waals surface area (Å²) in [6.45, 7) is 6.57. The van der Waals surface area contributed by atoms with E-state index in [9.17, 15) is 0 Å². The summed E-state index contributed by atoms with van der Waals surface area (Å²) in [6, 6.07) is 8.02. The molecule has 19 heavy (non-hydrogen) atoms. The van der Waals surface area contributed by atoms with Gasteiger partial charge in [-0.25, -0.2) is 4.98 Å². The van der Waals surface area contributed by atoms with E-state index in [1.807, 2.05) is 29.2 Å². The second-order valence-corrected chi connectivity index (χ2v) is 4.36. The lowest BCUT2D eigenvalue weighted by Gasteiger charge is -2.19. The smallest absolute Gasteiger partial charge is 0.191 e. The third-order valence-electron chi connectivity index (χ3n) is 3.15. The predicted octanol–water partition coefficient (Wildman–Crippen LogP) is 1.76. The number of para-hydroxylation sites is 2. The number of imidazole rings is 1. The molecule has 0 spiro atoms. The van der Waals surface area contributed by atoms with E-state index >= 15 is 0 Å². The van der Waals surface area contributed by atoms with Crippen LogP contribution in [0.15, 0.2) is 29.3 Å². The molecule has 1 heterocycles. The van der Waals surface area contributed by atoms with Crippen LogP contribution in [0.3, 0.4) is 0 Å². The van der Waals surface area contributed by atoms with Gasteiger partial charge in [0.2, 0.25) is 0 Å². The maximum Gasteiger partial charge on any atom is 0.191 e.